The van der Waals surface area contributed by atoms with Crippen LogP contribution in [-0.4, -0.2) is 4.92 Å². The van der Waals surface area contributed by atoms with Gasteiger partial charge in [-0.3, -0.25) is 10.1 Å². The van der Waals surface area contributed by atoms with E-state index in [4.69, 9.17) is 11.6 Å². The topological polar surface area (TPSA) is 43.1 Å². The van der Waals surface area contributed by atoms with E-state index in [1.54, 1.807) is 0 Å². The number of rotatable bonds is 2. The highest BCUT2D eigenvalue weighted by Gasteiger charge is 2.12. The fraction of sp³-hybridized carbons (Fsp3) is 0.143. The van der Waals surface area contributed by atoms with Crippen molar-refractivity contribution in [3.05, 3.63) is 37.3 Å². The molecule has 0 spiro atoms. The lowest BCUT2D eigenvalue weighted by Gasteiger charge is -2.02. The van der Waals surface area contributed by atoms with Crippen LogP contribution >= 0.6 is 43.5 Å². The van der Waals surface area contributed by atoms with Crippen molar-refractivity contribution in [2.24, 2.45) is 0 Å². The fourth-order valence-electron chi connectivity index (χ4n) is 0.823. The van der Waals surface area contributed by atoms with Gasteiger partial charge in [0.2, 0.25) is 0 Å². The van der Waals surface area contributed by atoms with Gasteiger partial charge in [0.25, 0.3) is 5.69 Å². The van der Waals surface area contributed by atoms with Gasteiger partial charge in [-0.25, -0.2) is 0 Å². The Morgan fingerprint density at radius 1 is 1.54 bits per heavy atom. The molecule has 0 aromatic heterocycles. The van der Waals surface area contributed by atoms with Gasteiger partial charge in [-0.15, -0.1) is 0 Å². The van der Waals surface area contributed by atoms with Crippen molar-refractivity contribution in [2.75, 3.05) is 0 Å². The summed E-state index contributed by atoms with van der Waals surface area (Å²) in [6.07, 6.45) is 0. The van der Waals surface area contributed by atoms with Gasteiger partial charge in [0.05, 0.1) is 9.95 Å². The van der Waals surface area contributed by atoms with Crippen molar-refractivity contribution < 1.29 is 4.92 Å². The van der Waals surface area contributed by atoms with Crippen molar-refractivity contribution in [3.8, 4) is 0 Å². The smallest absolute Gasteiger partial charge is 0.258 e. The molecule has 0 aliphatic carbocycles. The van der Waals surface area contributed by atoms with E-state index in [-0.39, 0.29) is 5.69 Å². The predicted octanol–water partition coefficient (Wildman–Crippen LogP) is 3.91. The van der Waals surface area contributed by atoms with Gasteiger partial charge in [0, 0.05) is 21.9 Å². The summed E-state index contributed by atoms with van der Waals surface area (Å²) in [6, 6.07) is 2.77. The number of halogens is 3. The second kappa shape index (κ2) is 4.39. The highest BCUT2D eigenvalue weighted by Crippen LogP contribution is 2.31. The van der Waals surface area contributed by atoms with Crippen LogP contribution in [0.1, 0.15) is 5.56 Å². The van der Waals surface area contributed by atoms with Gasteiger partial charge in [-0.1, -0.05) is 43.5 Å². The molecule has 13 heavy (non-hydrogen) atoms. The normalized spacial score (nSPS) is 10.1. The summed E-state index contributed by atoms with van der Waals surface area (Å²) < 4.78 is 0.642. The quantitative estimate of drug-likeness (QED) is 0.469. The summed E-state index contributed by atoms with van der Waals surface area (Å²) in [6.45, 7) is 0. The zero-order valence-corrected chi connectivity index (χ0v) is 10.2. The Morgan fingerprint density at radius 3 is 2.54 bits per heavy atom. The maximum absolute atomic E-state index is 10.4. The number of nitro groups is 1. The molecule has 0 atom stereocenters. The van der Waals surface area contributed by atoms with Crippen LogP contribution < -0.4 is 0 Å². The van der Waals surface area contributed by atoms with Crippen LogP contribution in [0.3, 0.4) is 0 Å². The molecule has 0 fully saturated rings. The molecule has 0 aliphatic rings. The molecule has 0 N–H and O–H groups in total. The van der Waals surface area contributed by atoms with Gasteiger partial charge in [-0.2, -0.15) is 0 Å². The number of nitrogens with zero attached hydrogens (tertiary/aromatic N) is 1. The molecule has 0 saturated carbocycles. The first-order chi connectivity index (χ1) is 6.06. The van der Waals surface area contributed by atoms with Crippen LogP contribution in [0.4, 0.5) is 5.69 Å². The van der Waals surface area contributed by atoms with Gasteiger partial charge in [-0.05, 0) is 5.56 Å². The molecule has 1 aromatic carbocycles. The molecular weight excluding hydrogens is 325 g/mol. The van der Waals surface area contributed by atoms with Crippen LogP contribution in [0.15, 0.2) is 16.6 Å². The van der Waals surface area contributed by atoms with Crippen LogP contribution in [0.2, 0.25) is 5.02 Å². The number of benzene rings is 1. The lowest BCUT2D eigenvalue weighted by atomic mass is 10.2. The Hall–Kier alpha value is -0.130. The molecule has 0 heterocycles. The summed E-state index contributed by atoms with van der Waals surface area (Å²) in [5.41, 5.74) is 0.800. The minimum absolute atomic E-state index is 0.0124. The molecule has 0 saturated heterocycles. The van der Waals surface area contributed by atoms with Gasteiger partial charge in [0.15, 0.2) is 0 Å². The average Bonchev–Trinajstić information content (AvgIpc) is 2.03. The Morgan fingerprint density at radius 2 is 2.15 bits per heavy atom. The molecule has 0 unspecified atom stereocenters. The maximum Gasteiger partial charge on any atom is 0.272 e. The third kappa shape index (κ3) is 2.42. The SMILES string of the molecule is O=[N+]([O-])c1cc(Cl)c(CBr)c(Br)c1. The second-order valence-corrected chi connectivity index (χ2v) is 4.10. The average molecular weight is 329 g/mol. The van der Waals surface area contributed by atoms with Gasteiger partial charge in [0.1, 0.15) is 0 Å². The molecule has 0 aliphatic heterocycles. The summed E-state index contributed by atoms with van der Waals surface area (Å²) in [5, 5.41) is 11.4. The molecule has 0 bridgehead atoms. The minimum Gasteiger partial charge on any atom is -0.258 e. The Kier molecular flexibility index (Phi) is 3.70. The van der Waals surface area contributed by atoms with Gasteiger partial charge >= 0.3 is 0 Å². The summed E-state index contributed by atoms with van der Waals surface area (Å²) in [4.78, 5) is 9.94. The molecule has 1 aromatic rings. The molecule has 3 nitrogen and oxygen atoms in total. The third-order valence-corrected chi connectivity index (χ3v) is 3.08. The number of nitro benzene ring substituents is 1. The lowest BCUT2D eigenvalue weighted by Crippen LogP contribution is -1.90. The zero-order valence-electron chi connectivity index (χ0n) is 6.26. The van der Waals surface area contributed by atoms with Crippen molar-refractivity contribution >= 4 is 49.1 Å². The van der Waals surface area contributed by atoms with Crippen molar-refractivity contribution in [3.63, 3.8) is 0 Å². The van der Waals surface area contributed by atoms with Crippen LogP contribution in [0, 0.1) is 10.1 Å². The second-order valence-electron chi connectivity index (χ2n) is 2.28. The highest BCUT2D eigenvalue weighted by molar-refractivity contribution is 9.10. The monoisotopic (exact) mass is 327 g/mol. The van der Waals surface area contributed by atoms with Crippen molar-refractivity contribution in [1.29, 1.82) is 0 Å². The largest absolute Gasteiger partial charge is 0.272 e. The molecular formula is C7H4Br2ClNO2. The van der Waals surface area contributed by atoms with Gasteiger partial charge < -0.3 is 0 Å². The van der Waals surface area contributed by atoms with E-state index in [1.807, 2.05) is 0 Å². The Bertz CT molecular complexity index is 333. The zero-order chi connectivity index (χ0) is 10.0. The molecule has 0 amide bonds. The predicted molar refractivity (Wildman–Crippen MR) is 58.4 cm³/mol. The number of hydrogen-bond acceptors (Lipinski definition) is 2. The maximum atomic E-state index is 10.4. The van der Waals surface area contributed by atoms with Crippen LogP contribution in [0.5, 0.6) is 0 Å². The summed E-state index contributed by atoms with van der Waals surface area (Å²) in [5.74, 6) is 0. The van der Waals surface area contributed by atoms with E-state index < -0.39 is 4.92 Å². The van der Waals surface area contributed by atoms with E-state index in [1.165, 1.54) is 12.1 Å². The molecule has 6 heteroatoms. The van der Waals surface area contributed by atoms with E-state index in [9.17, 15) is 10.1 Å². The first-order valence-corrected chi connectivity index (χ1v) is 5.53. The van der Waals surface area contributed by atoms with E-state index >= 15 is 0 Å². The number of hydrogen-bond donors (Lipinski definition) is 0. The van der Waals surface area contributed by atoms with E-state index in [0.29, 0.717) is 14.8 Å². The third-order valence-electron chi connectivity index (χ3n) is 1.47. The Balaban J connectivity index is 3.28. The van der Waals surface area contributed by atoms with Crippen LogP contribution in [0.25, 0.3) is 0 Å². The molecule has 0 radical (unpaired) electrons. The fourth-order valence-corrected chi connectivity index (χ4v) is 2.95. The minimum atomic E-state index is -0.478. The number of non-ortho nitro benzene ring substituents is 1. The van der Waals surface area contributed by atoms with Crippen LogP contribution in [-0.2, 0) is 5.33 Å². The Labute approximate surface area is 96.5 Å². The standard InChI is InChI=1S/C7H4Br2ClNO2/c8-3-5-6(9)1-4(11(12)13)2-7(5)10/h1-2H,3H2. The summed E-state index contributed by atoms with van der Waals surface area (Å²) in [7, 11) is 0. The summed E-state index contributed by atoms with van der Waals surface area (Å²) >= 11 is 12.3. The lowest BCUT2D eigenvalue weighted by molar-refractivity contribution is -0.384. The van der Waals surface area contributed by atoms with Crippen molar-refractivity contribution in [2.45, 2.75) is 5.33 Å². The van der Waals surface area contributed by atoms with Crippen molar-refractivity contribution in [1.82, 2.24) is 0 Å². The van der Waals surface area contributed by atoms with E-state index in [2.05, 4.69) is 31.9 Å². The highest BCUT2D eigenvalue weighted by atomic mass is 79.9. The first kappa shape index (κ1) is 10.9. The van der Waals surface area contributed by atoms with E-state index in [0.717, 1.165) is 5.56 Å². The first-order valence-electron chi connectivity index (χ1n) is 3.24. The molecule has 70 valence electrons. The number of alkyl halides is 1. The molecule has 1 rings (SSSR count).